The molecule has 0 aliphatic rings. The molecular formula is C23H17ClN4O. The van der Waals surface area contributed by atoms with Gasteiger partial charge < -0.3 is 4.98 Å². The van der Waals surface area contributed by atoms with E-state index in [-0.39, 0.29) is 11.5 Å². The maximum atomic E-state index is 12.1. The lowest BCUT2D eigenvalue weighted by Crippen LogP contribution is -2.17. The quantitative estimate of drug-likeness (QED) is 0.537. The molecule has 4 rings (SSSR count). The van der Waals surface area contributed by atoms with Gasteiger partial charge in [0.25, 0.3) is 5.56 Å². The van der Waals surface area contributed by atoms with E-state index in [1.165, 1.54) is 10.6 Å². The summed E-state index contributed by atoms with van der Waals surface area (Å²) < 4.78 is 1.43. The highest BCUT2D eigenvalue weighted by molar-refractivity contribution is 6.30. The zero-order valence-electron chi connectivity index (χ0n) is 15.4. The summed E-state index contributed by atoms with van der Waals surface area (Å²) in [5.74, 6) is 0.621. The van der Waals surface area contributed by atoms with E-state index in [2.05, 4.69) is 22.1 Å². The molecule has 0 amide bonds. The van der Waals surface area contributed by atoms with Crippen LogP contribution in [0.15, 0.2) is 84.0 Å². The molecule has 5 nitrogen and oxygen atoms in total. The monoisotopic (exact) mass is 400 g/mol. The zero-order valence-corrected chi connectivity index (χ0v) is 16.2. The van der Waals surface area contributed by atoms with Gasteiger partial charge in [-0.25, -0.2) is 4.98 Å². The Kier molecular flexibility index (Phi) is 5.28. The molecule has 4 aromatic rings. The van der Waals surface area contributed by atoms with Crippen molar-refractivity contribution < 1.29 is 0 Å². The second-order valence-electron chi connectivity index (χ2n) is 6.70. The van der Waals surface area contributed by atoms with Crippen LogP contribution < -0.4 is 5.56 Å². The van der Waals surface area contributed by atoms with Crippen molar-refractivity contribution in [3.05, 3.63) is 117 Å². The Morgan fingerprint density at radius 1 is 1.10 bits per heavy atom. The average Bonchev–Trinajstić information content (AvgIpc) is 3.29. The zero-order chi connectivity index (χ0) is 20.2. The van der Waals surface area contributed by atoms with Gasteiger partial charge in [0, 0.05) is 36.3 Å². The van der Waals surface area contributed by atoms with Gasteiger partial charge >= 0.3 is 0 Å². The fourth-order valence-electron chi connectivity index (χ4n) is 3.31. The number of pyridine rings is 2. The number of nitrogens with zero attached hydrogens (tertiary/aromatic N) is 3. The van der Waals surface area contributed by atoms with Gasteiger partial charge in [-0.15, -0.1) is 0 Å². The number of nitrogens with one attached hydrogen (secondary N) is 1. The number of nitriles is 1. The highest BCUT2D eigenvalue weighted by Crippen LogP contribution is 2.28. The Morgan fingerprint density at radius 2 is 1.93 bits per heavy atom. The van der Waals surface area contributed by atoms with Gasteiger partial charge in [0.15, 0.2) is 0 Å². The predicted octanol–water partition coefficient (Wildman–Crippen LogP) is 4.46. The summed E-state index contributed by atoms with van der Waals surface area (Å²) in [7, 11) is 0. The third-order valence-electron chi connectivity index (χ3n) is 4.81. The fraction of sp³-hybridized carbons (Fsp3) is 0.0870. The molecule has 0 bridgehead atoms. The van der Waals surface area contributed by atoms with Crippen LogP contribution in [0.2, 0.25) is 5.02 Å². The molecule has 142 valence electrons. The largest absolute Gasteiger partial charge is 0.364 e. The molecule has 0 saturated heterocycles. The van der Waals surface area contributed by atoms with Crippen molar-refractivity contribution in [2.75, 3.05) is 0 Å². The molecule has 0 aliphatic carbocycles. The first-order valence-corrected chi connectivity index (χ1v) is 9.49. The van der Waals surface area contributed by atoms with Crippen molar-refractivity contribution in [1.29, 1.82) is 5.26 Å². The Bertz CT molecular complexity index is 1200. The van der Waals surface area contributed by atoms with Crippen LogP contribution in [0.4, 0.5) is 0 Å². The highest BCUT2D eigenvalue weighted by Gasteiger charge is 2.16. The number of halogens is 1. The lowest BCUT2D eigenvalue weighted by molar-refractivity contribution is 0.775. The van der Waals surface area contributed by atoms with Crippen molar-refractivity contribution in [2.24, 2.45) is 0 Å². The van der Waals surface area contributed by atoms with Crippen LogP contribution in [0.3, 0.4) is 0 Å². The van der Waals surface area contributed by atoms with Gasteiger partial charge in [-0.2, -0.15) is 5.26 Å². The van der Waals surface area contributed by atoms with Gasteiger partial charge in [-0.05, 0) is 53.9 Å². The first-order chi connectivity index (χ1) is 14.1. The highest BCUT2D eigenvalue weighted by atomic mass is 35.5. The van der Waals surface area contributed by atoms with Gasteiger partial charge in [0.05, 0.1) is 16.7 Å². The van der Waals surface area contributed by atoms with E-state index >= 15 is 0 Å². The molecule has 3 aromatic heterocycles. The fourth-order valence-corrected chi connectivity index (χ4v) is 3.47. The standard InChI is InChI=1S/C23H17ClN4O/c24-19-8-10-23(29)28(15-19)22-9-5-17(14-27-22)12-20(21-2-1-11-26-21)18-6-3-16(13-25)4-7-18/h1-11,14-15,20,26H,12H2. The summed E-state index contributed by atoms with van der Waals surface area (Å²) in [5.41, 5.74) is 3.69. The lowest BCUT2D eigenvalue weighted by atomic mass is 9.89. The Morgan fingerprint density at radius 3 is 2.59 bits per heavy atom. The minimum Gasteiger partial charge on any atom is -0.364 e. The van der Waals surface area contributed by atoms with Crippen molar-refractivity contribution >= 4 is 11.6 Å². The molecule has 1 unspecified atom stereocenters. The number of hydrogen-bond acceptors (Lipinski definition) is 3. The molecule has 0 spiro atoms. The normalized spacial score (nSPS) is 11.7. The first kappa shape index (κ1) is 18.7. The van der Waals surface area contributed by atoms with E-state index < -0.39 is 0 Å². The smallest absolute Gasteiger partial charge is 0.256 e. The molecule has 0 saturated carbocycles. The summed E-state index contributed by atoms with van der Waals surface area (Å²) in [4.78, 5) is 19.8. The van der Waals surface area contributed by atoms with E-state index in [9.17, 15) is 4.79 Å². The molecule has 0 radical (unpaired) electrons. The number of rotatable bonds is 5. The van der Waals surface area contributed by atoms with E-state index in [0.717, 1.165) is 23.2 Å². The van der Waals surface area contributed by atoms with E-state index in [1.807, 2.05) is 48.7 Å². The number of aromatic amines is 1. The number of aromatic nitrogens is 3. The predicted molar refractivity (Wildman–Crippen MR) is 112 cm³/mol. The van der Waals surface area contributed by atoms with Crippen LogP contribution in [0.5, 0.6) is 0 Å². The average molecular weight is 401 g/mol. The molecule has 3 heterocycles. The van der Waals surface area contributed by atoms with Crippen LogP contribution in [0.1, 0.15) is 28.3 Å². The van der Waals surface area contributed by atoms with Crippen molar-refractivity contribution in [3.63, 3.8) is 0 Å². The van der Waals surface area contributed by atoms with Crippen molar-refractivity contribution in [1.82, 2.24) is 14.5 Å². The van der Waals surface area contributed by atoms with Gasteiger partial charge in [-0.1, -0.05) is 29.8 Å². The second kappa shape index (κ2) is 8.17. The lowest BCUT2D eigenvalue weighted by Gasteiger charge is -2.17. The summed E-state index contributed by atoms with van der Waals surface area (Å²) in [6.45, 7) is 0. The first-order valence-electron chi connectivity index (χ1n) is 9.11. The molecule has 29 heavy (non-hydrogen) atoms. The second-order valence-corrected chi connectivity index (χ2v) is 7.13. The van der Waals surface area contributed by atoms with E-state index in [1.54, 1.807) is 18.5 Å². The molecule has 1 N–H and O–H groups in total. The van der Waals surface area contributed by atoms with Gasteiger partial charge in [0.2, 0.25) is 0 Å². The van der Waals surface area contributed by atoms with Crippen LogP contribution >= 0.6 is 11.6 Å². The minimum atomic E-state index is -0.184. The van der Waals surface area contributed by atoms with Crippen LogP contribution in [0, 0.1) is 11.3 Å². The number of hydrogen-bond donors (Lipinski definition) is 1. The summed E-state index contributed by atoms with van der Waals surface area (Å²) >= 11 is 6.00. The van der Waals surface area contributed by atoms with Crippen LogP contribution in [-0.4, -0.2) is 14.5 Å². The topological polar surface area (TPSA) is 74.5 Å². The van der Waals surface area contributed by atoms with Crippen molar-refractivity contribution in [3.8, 4) is 11.9 Å². The molecular weight excluding hydrogens is 384 g/mol. The SMILES string of the molecule is N#Cc1ccc(C(Cc2ccc(-n3cc(Cl)ccc3=O)nc2)c2ccc[nH]2)cc1. The third kappa shape index (κ3) is 4.13. The van der Waals surface area contributed by atoms with Crippen LogP contribution in [-0.2, 0) is 6.42 Å². The van der Waals surface area contributed by atoms with Gasteiger partial charge in [-0.3, -0.25) is 9.36 Å². The van der Waals surface area contributed by atoms with Gasteiger partial charge in [0.1, 0.15) is 5.82 Å². The molecule has 0 fully saturated rings. The molecule has 1 atom stereocenters. The molecule has 1 aromatic carbocycles. The maximum Gasteiger partial charge on any atom is 0.256 e. The summed E-state index contributed by atoms with van der Waals surface area (Å²) in [6.07, 6.45) is 5.97. The van der Waals surface area contributed by atoms with E-state index in [4.69, 9.17) is 16.9 Å². The Hall–Kier alpha value is -3.62. The molecule has 6 heteroatoms. The summed E-state index contributed by atoms with van der Waals surface area (Å²) in [6, 6.07) is 20.6. The minimum absolute atomic E-state index is 0.0966. The van der Waals surface area contributed by atoms with E-state index in [0.29, 0.717) is 16.4 Å². The Labute approximate surface area is 172 Å². The third-order valence-corrected chi connectivity index (χ3v) is 5.03. The molecule has 0 aliphatic heterocycles. The maximum absolute atomic E-state index is 12.1. The Balaban J connectivity index is 1.63. The number of H-pyrrole nitrogens is 1. The summed E-state index contributed by atoms with van der Waals surface area (Å²) in [5, 5.41) is 9.52. The van der Waals surface area contributed by atoms with Crippen molar-refractivity contribution in [2.45, 2.75) is 12.3 Å². The number of benzene rings is 1. The van der Waals surface area contributed by atoms with Crippen LogP contribution in [0.25, 0.3) is 5.82 Å².